The first-order valence-electron chi connectivity index (χ1n) is 5.47. The van der Waals surface area contributed by atoms with Crippen LogP contribution in [0.2, 0.25) is 0 Å². The van der Waals surface area contributed by atoms with Crippen LogP contribution in [0.4, 0.5) is 0 Å². The molecule has 0 unspecified atom stereocenters. The highest BCUT2D eigenvalue weighted by atomic mass is 16.6. The van der Waals surface area contributed by atoms with Crippen molar-refractivity contribution in [2.75, 3.05) is 19.8 Å². The first-order chi connectivity index (χ1) is 8.63. The van der Waals surface area contributed by atoms with Gasteiger partial charge in [-0.3, -0.25) is 4.79 Å². The molecule has 0 radical (unpaired) electrons. The maximum Gasteiger partial charge on any atom is 0.379 e. The van der Waals surface area contributed by atoms with Crippen molar-refractivity contribution in [1.82, 2.24) is 0 Å². The summed E-state index contributed by atoms with van der Waals surface area (Å²) in [7, 11) is 0. The summed E-state index contributed by atoms with van der Waals surface area (Å²) in [5.74, 6) is -1.58. The van der Waals surface area contributed by atoms with Crippen LogP contribution in [0.3, 0.4) is 0 Å². The number of fused-ring (bicyclic) bond motifs is 1. The lowest BCUT2D eigenvalue weighted by atomic mass is 10.1. The van der Waals surface area contributed by atoms with Gasteiger partial charge in [0.05, 0.1) is 12.2 Å². The summed E-state index contributed by atoms with van der Waals surface area (Å²) >= 11 is 0. The Balaban J connectivity index is 2.33. The molecule has 1 heterocycles. The minimum Gasteiger partial charge on any atom is -0.507 e. The quantitative estimate of drug-likeness (QED) is 0.489. The lowest BCUT2D eigenvalue weighted by Crippen LogP contribution is -2.19. The van der Waals surface area contributed by atoms with Gasteiger partial charge in [-0.1, -0.05) is 0 Å². The van der Waals surface area contributed by atoms with Crippen molar-refractivity contribution in [2.45, 2.75) is 6.92 Å². The maximum atomic E-state index is 11.7. The monoisotopic (exact) mass is 252 g/mol. The molecule has 0 aliphatic carbocycles. The second-order valence-electron chi connectivity index (χ2n) is 3.56. The van der Waals surface area contributed by atoms with Gasteiger partial charge < -0.3 is 19.3 Å². The first-order valence-corrected chi connectivity index (χ1v) is 5.47. The zero-order valence-corrected chi connectivity index (χ0v) is 9.76. The average molecular weight is 252 g/mol. The van der Waals surface area contributed by atoms with E-state index in [4.69, 9.17) is 9.47 Å². The van der Waals surface area contributed by atoms with Crippen molar-refractivity contribution in [3.05, 3.63) is 17.7 Å². The minimum atomic E-state index is -1.01. The molecule has 1 aromatic rings. The minimum absolute atomic E-state index is 0.0931. The molecule has 6 nitrogen and oxygen atoms in total. The Labute approximate surface area is 103 Å². The summed E-state index contributed by atoms with van der Waals surface area (Å²) < 4.78 is 15.1. The van der Waals surface area contributed by atoms with E-state index < -0.39 is 11.8 Å². The van der Waals surface area contributed by atoms with Crippen LogP contribution in [0.25, 0.3) is 0 Å². The van der Waals surface area contributed by atoms with E-state index in [1.54, 1.807) is 6.92 Å². The molecular formula is C12H12O6. The number of carbonyl (C=O) groups is 2. The number of ether oxygens (including phenoxy) is 3. The summed E-state index contributed by atoms with van der Waals surface area (Å²) in [4.78, 5) is 23.0. The summed E-state index contributed by atoms with van der Waals surface area (Å²) in [5, 5.41) is 9.69. The van der Waals surface area contributed by atoms with E-state index in [1.807, 2.05) is 0 Å². The summed E-state index contributed by atoms with van der Waals surface area (Å²) in [6.07, 6.45) is 0. The molecule has 6 heteroatoms. The van der Waals surface area contributed by atoms with E-state index in [0.29, 0.717) is 24.7 Å². The predicted octanol–water partition coefficient (Wildman–Crippen LogP) is 0.909. The van der Waals surface area contributed by atoms with Gasteiger partial charge in [0.25, 0.3) is 5.78 Å². The van der Waals surface area contributed by atoms with Crippen molar-refractivity contribution in [2.24, 2.45) is 0 Å². The van der Waals surface area contributed by atoms with Gasteiger partial charge in [0, 0.05) is 6.07 Å². The van der Waals surface area contributed by atoms with Crippen LogP contribution in [0.1, 0.15) is 17.3 Å². The normalized spacial score (nSPS) is 12.9. The van der Waals surface area contributed by atoms with Gasteiger partial charge in [-0.05, 0) is 13.0 Å². The molecule has 1 aromatic carbocycles. The number of hydrogen-bond acceptors (Lipinski definition) is 6. The zero-order valence-electron chi connectivity index (χ0n) is 9.76. The number of benzene rings is 1. The highest BCUT2D eigenvalue weighted by Crippen LogP contribution is 2.36. The van der Waals surface area contributed by atoms with Crippen LogP contribution >= 0.6 is 0 Å². The van der Waals surface area contributed by atoms with Crippen molar-refractivity contribution in [3.8, 4) is 17.2 Å². The molecule has 1 aliphatic heterocycles. The second-order valence-corrected chi connectivity index (χ2v) is 3.56. The average Bonchev–Trinajstić information content (AvgIpc) is 2.37. The Morgan fingerprint density at radius 3 is 2.50 bits per heavy atom. The Kier molecular flexibility index (Phi) is 3.36. The van der Waals surface area contributed by atoms with Gasteiger partial charge in [-0.25, -0.2) is 4.79 Å². The van der Waals surface area contributed by atoms with E-state index in [1.165, 1.54) is 12.1 Å². The SMILES string of the molecule is CCOC(=O)C(=O)c1cc2c(cc1O)OCCO2. The van der Waals surface area contributed by atoms with Gasteiger partial charge >= 0.3 is 5.97 Å². The lowest BCUT2D eigenvalue weighted by Gasteiger charge is -2.19. The number of rotatable bonds is 3. The number of phenolic OH excluding ortho intramolecular Hbond substituents is 1. The van der Waals surface area contributed by atoms with Crippen molar-refractivity contribution in [1.29, 1.82) is 0 Å². The predicted molar refractivity (Wildman–Crippen MR) is 60.1 cm³/mol. The number of hydrogen-bond donors (Lipinski definition) is 1. The van der Waals surface area contributed by atoms with E-state index >= 15 is 0 Å². The number of carbonyl (C=O) groups excluding carboxylic acids is 2. The van der Waals surface area contributed by atoms with Crippen LogP contribution in [0.5, 0.6) is 17.2 Å². The van der Waals surface area contributed by atoms with E-state index in [2.05, 4.69) is 4.74 Å². The molecule has 0 fully saturated rings. The molecule has 0 saturated heterocycles. The number of Topliss-reactive ketones (excluding diaryl/α,β-unsaturated/α-hetero) is 1. The Hall–Kier alpha value is -2.24. The zero-order chi connectivity index (χ0) is 13.1. The highest BCUT2D eigenvalue weighted by molar-refractivity contribution is 6.41. The highest BCUT2D eigenvalue weighted by Gasteiger charge is 2.24. The van der Waals surface area contributed by atoms with E-state index in [0.717, 1.165) is 0 Å². The van der Waals surface area contributed by atoms with Crippen LogP contribution < -0.4 is 9.47 Å². The Morgan fingerprint density at radius 1 is 1.28 bits per heavy atom. The molecule has 0 atom stereocenters. The molecule has 0 aromatic heterocycles. The van der Waals surface area contributed by atoms with Crippen LogP contribution in [-0.2, 0) is 9.53 Å². The van der Waals surface area contributed by atoms with Gasteiger partial charge in [0.2, 0.25) is 0 Å². The van der Waals surface area contributed by atoms with E-state index in [-0.39, 0.29) is 17.9 Å². The molecule has 0 spiro atoms. The number of esters is 1. The first kappa shape index (κ1) is 12.2. The standard InChI is InChI=1S/C12H12O6/c1-2-16-12(15)11(14)7-5-9-10(6-8(7)13)18-4-3-17-9/h5-6,13H,2-4H2,1H3. The molecule has 96 valence electrons. The molecule has 0 amide bonds. The number of ketones is 1. The molecular weight excluding hydrogens is 240 g/mol. The smallest absolute Gasteiger partial charge is 0.379 e. The fourth-order valence-corrected chi connectivity index (χ4v) is 1.57. The molecule has 1 aliphatic rings. The number of phenols is 1. The van der Waals surface area contributed by atoms with Gasteiger partial charge in [-0.15, -0.1) is 0 Å². The third-order valence-electron chi connectivity index (χ3n) is 2.37. The fraction of sp³-hybridized carbons (Fsp3) is 0.333. The van der Waals surface area contributed by atoms with Crippen LogP contribution in [-0.4, -0.2) is 36.7 Å². The Bertz CT molecular complexity index is 494. The van der Waals surface area contributed by atoms with Gasteiger partial charge in [0.1, 0.15) is 19.0 Å². The summed E-state index contributed by atoms with van der Waals surface area (Å²) in [6, 6.07) is 2.53. The van der Waals surface area contributed by atoms with Crippen molar-refractivity contribution < 1.29 is 28.9 Å². The van der Waals surface area contributed by atoms with Crippen molar-refractivity contribution >= 4 is 11.8 Å². The Morgan fingerprint density at radius 2 is 1.89 bits per heavy atom. The van der Waals surface area contributed by atoms with E-state index in [9.17, 15) is 14.7 Å². The molecule has 0 saturated carbocycles. The van der Waals surface area contributed by atoms with Crippen molar-refractivity contribution in [3.63, 3.8) is 0 Å². The largest absolute Gasteiger partial charge is 0.507 e. The van der Waals surface area contributed by atoms with Crippen LogP contribution in [0.15, 0.2) is 12.1 Å². The fourth-order valence-electron chi connectivity index (χ4n) is 1.57. The van der Waals surface area contributed by atoms with Gasteiger partial charge in [-0.2, -0.15) is 0 Å². The molecule has 18 heavy (non-hydrogen) atoms. The third kappa shape index (κ3) is 2.22. The second kappa shape index (κ2) is 4.95. The lowest BCUT2D eigenvalue weighted by molar-refractivity contribution is -0.137. The summed E-state index contributed by atoms with van der Waals surface area (Å²) in [6.45, 7) is 2.41. The third-order valence-corrected chi connectivity index (χ3v) is 2.37. The number of aromatic hydroxyl groups is 1. The molecule has 2 rings (SSSR count). The van der Waals surface area contributed by atoms with Gasteiger partial charge in [0.15, 0.2) is 11.5 Å². The maximum absolute atomic E-state index is 11.7. The molecule has 0 bridgehead atoms. The molecule has 1 N–H and O–H groups in total. The topological polar surface area (TPSA) is 82.1 Å². The summed E-state index contributed by atoms with van der Waals surface area (Å²) in [5.41, 5.74) is -0.155. The van der Waals surface area contributed by atoms with Crippen LogP contribution in [0, 0.1) is 0 Å².